The number of anilines is 1. The van der Waals surface area contributed by atoms with Crippen LogP contribution in [0.1, 0.15) is 17.5 Å². The van der Waals surface area contributed by atoms with Gasteiger partial charge in [-0.2, -0.15) is 0 Å². The van der Waals surface area contributed by atoms with Gasteiger partial charge in [-0.3, -0.25) is 0 Å². The maximum Gasteiger partial charge on any atom is 0.247 e. The first-order chi connectivity index (χ1) is 14.1. The Bertz CT molecular complexity index is 1120. The maximum absolute atomic E-state index is 6.28. The minimum atomic E-state index is -0.414. The van der Waals surface area contributed by atoms with E-state index in [1.54, 1.807) is 19.2 Å². The monoisotopic (exact) mass is 425 g/mol. The molecule has 7 heteroatoms. The summed E-state index contributed by atoms with van der Waals surface area (Å²) in [4.78, 5) is 0. The molecule has 0 saturated carbocycles. The largest absolute Gasteiger partial charge is 0.495 e. The van der Waals surface area contributed by atoms with Crippen molar-refractivity contribution in [2.24, 2.45) is 0 Å². The second-order valence-corrected chi connectivity index (χ2v) is 7.14. The summed E-state index contributed by atoms with van der Waals surface area (Å²) < 4.78 is 11.2. The number of aromatic nitrogens is 2. The van der Waals surface area contributed by atoms with Crippen molar-refractivity contribution in [1.82, 2.24) is 10.2 Å². The van der Waals surface area contributed by atoms with Gasteiger partial charge < -0.3 is 14.5 Å². The highest BCUT2D eigenvalue weighted by Gasteiger charge is 2.22. The number of hydrogen-bond donors (Lipinski definition) is 1. The van der Waals surface area contributed by atoms with Crippen LogP contribution in [0.4, 0.5) is 5.69 Å². The molecule has 29 heavy (non-hydrogen) atoms. The minimum absolute atomic E-state index is 0.414. The van der Waals surface area contributed by atoms with Crippen molar-refractivity contribution in [2.45, 2.75) is 6.04 Å². The first-order valence-electron chi connectivity index (χ1n) is 8.88. The molecular formula is C22H17Cl2N3O2. The van der Waals surface area contributed by atoms with Crippen LogP contribution >= 0.6 is 23.2 Å². The van der Waals surface area contributed by atoms with Crippen molar-refractivity contribution in [1.29, 1.82) is 0 Å². The Kier molecular flexibility index (Phi) is 5.69. The molecule has 5 nitrogen and oxygen atoms in total. The van der Waals surface area contributed by atoms with Crippen LogP contribution in [0, 0.1) is 0 Å². The fourth-order valence-corrected chi connectivity index (χ4v) is 3.40. The summed E-state index contributed by atoms with van der Waals surface area (Å²) in [6, 6.07) is 22.1. The van der Waals surface area contributed by atoms with E-state index in [1.807, 2.05) is 60.7 Å². The van der Waals surface area contributed by atoms with E-state index in [1.165, 1.54) is 0 Å². The molecule has 1 unspecified atom stereocenters. The molecule has 0 radical (unpaired) electrons. The van der Waals surface area contributed by atoms with E-state index >= 15 is 0 Å². The summed E-state index contributed by atoms with van der Waals surface area (Å²) in [5, 5.41) is 13.0. The number of benzene rings is 3. The summed E-state index contributed by atoms with van der Waals surface area (Å²) in [5.41, 5.74) is 2.51. The molecule has 1 aromatic heterocycles. The SMILES string of the molecule is COc1ccc(NC(c2cccc(Cl)c2)c2nnc(-c3ccccc3)o2)cc1Cl. The van der Waals surface area contributed by atoms with Gasteiger partial charge in [0.2, 0.25) is 11.8 Å². The van der Waals surface area contributed by atoms with Crippen molar-refractivity contribution in [2.75, 3.05) is 12.4 Å². The lowest BCUT2D eigenvalue weighted by atomic mass is 10.1. The highest BCUT2D eigenvalue weighted by Crippen LogP contribution is 2.33. The van der Waals surface area contributed by atoms with Crippen LogP contribution in [-0.2, 0) is 0 Å². The van der Waals surface area contributed by atoms with E-state index < -0.39 is 6.04 Å². The molecule has 146 valence electrons. The fourth-order valence-electron chi connectivity index (χ4n) is 2.95. The predicted molar refractivity (Wildman–Crippen MR) is 115 cm³/mol. The van der Waals surface area contributed by atoms with E-state index in [0.717, 1.165) is 16.8 Å². The first-order valence-corrected chi connectivity index (χ1v) is 9.64. The van der Waals surface area contributed by atoms with Gasteiger partial charge in [0.05, 0.1) is 12.1 Å². The van der Waals surface area contributed by atoms with Crippen LogP contribution in [0.5, 0.6) is 5.75 Å². The second kappa shape index (κ2) is 8.55. The molecule has 3 aromatic carbocycles. The number of ether oxygens (including phenoxy) is 1. The Hall–Kier alpha value is -3.02. The number of nitrogens with one attached hydrogen (secondary N) is 1. The molecule has 0 aliphatic heterocycles. The molecule has 4 rings (SSSR count). The van der Waals surface area contributed by atoms with Crippen LogP contribution in [0.2, 0.25) is 10.0 Å². The number of halogens is 2. The Labute approximate surface area is 178 Å². The van der Waals surface area contributed by atoms with Crippen LogP contribution in [-0.4, -0.2) is 17.3 Å². The smallest absolute Gasteiger partial charge is 0.247 e. The molecule has 1 heterocycles. The van der Waals surface area contributed by atoms with Gasteiger partial charge in [-0.25, -0.2) is 0 Å². The van der Waals surface area contributed by atoms with Gasteiger partial charge in [0, 0.05) is 16.3 Å². The molecule has 1 N–H and O–H groups in total. The molecule has 0 fully saturated rings. The van der Waals surface area contributed by atoms with Crippen molar-refractivity contribution >= 4 is 28.9 Å². The van der Waals surface area contributed by atoms with E-state index in [2.05, 4.69) is 15.5 Å². The van der Waals surface area contributed by atoms with Gasteiger partial charge in [0.25, 0.3) is 0 Å². The highest BCUT2D eigenvalue weighted by atomic mass is 35.5. The summed E-state index contributed by atoms with van der Waals surface area (Å²) in [6.45, 7) is 0. The minimum Gasteiger partial charge on any atom is -0.495 e. The molecule has 0 aliphatic rings. The number of hydrogen-bond acceptors (Lipinski definition) is 5. The van der Waals surface area contributed by atoms with Gasteiger partial charge in [-0.1, -0.05) is 53.5 Å². The van der Waals surface area contributed by atoms with Crippen LogP contribution in [0.15, 0.2) is 77.2 Å². The van der Waals surface area contributed by atoms with Crippen molar-refractivity contribution in [3.63, 3.8) is 0 Å². The maximum atomic E-state index is 6.28. The number of rotatable bonds is 6. The van der Waals surface area contributed by atoms with E-state index in [0.29, 0.717) is 27.6 Å². The topological polar surface area (TPSA) is 60.2 Å². The normalized spacial score (nSPS) is 11.8. The summed E-state index contributed by atoms with van der Waals surface area (Å²) in [6.07, 6.45) is 0. The highest BCUT2D eigenvalue weighted by molar-refractivity contribution is 6.32. The van der Waals surface area contributed by atoms with Crippen LogP contribution in [0.3, 0.4) is 0 Å². The van der Waals surface area contributed by atoms with Crippen molar-refractivity contribution < 1.29 is 9.15 Å². The van der Waals surface area contributed by atoms with E-state index in [-0.39, 0.29) is 0 Å². The first kappa shape index (κ1) is 19.3. The third kappa shape index (κ3) is 4.36. The molecule has 1 atom stereocenters. The number of methoxy groups -OCH3 is 1. The molecule has 0 bridgehead atoms. The molecular weight excluding hydrogens is 409 g/mol. The molecule has 0 saturated heterocycles. The Balaban J connectivity index is 1.71. The number of nitrogens with zero attached hydrogens (tertiary/aromatic N) is 2. The lowest BCUT2D eigenvalue weighted by molar-refractivity contribution is 0.415. The zero-order chi connectivity index (χ0) is 20.2. The molecule has 0 aliphatic carbocycles. The second-order valence-electron chi connectivity index (χ2n) is 6.29. The molecule has 0 amide bonds. The quantitative estimate of drug-likeness (QED) is 0.395. The van der Waals surface area contributed by atoms with Gasteiger partial charge >= 0.3 is 0 Å². The van der Waals surface area contributed by atoms with Crippen LogP contribution in [0.25, 0.3) is 11.5 Å². The van der Waals surface area contributed by atoms with Crippen molar-refractivity contribution in [3.8, 4) is 17.2 Å². The predicted octanol–water partition coefficient (Wildman–Crippen LogP) is 6.25. The summed E-state index contributed by atoms with van der Waals surface area (Å²) in [7, 11) is 1.58. The zero-order valence-corrected chi connectivity index (χ0v) is 17.0. The van der Waals surface area contributed by atoms with Gasteiger partial charge in [-0.15, -0.1) is 10.2 Å². The van der Waals surface area contributed by atoms with Crippen LogP contribution < -0.4 is 10.1 Å². The van der Waals surface area contributed by atoms with E-state index in [9.17, 15) is 0 Å². The van der Waals surface area contributed by atoms with Gasteiger partial charge in [0.15, 0.2) is 0 Å². The average Bonchev–Trinajstić information content (AvgIpc) is 3.23. The summed E-state index contributed by atoms with van der Waals surface area (Å²) >= 11 is 12.5. The fraction of sp³-hybridized carbons (Fsp3) is 0.0909. The lowest BCUT2D eigenvalue weighted by Gasteiger charge is -2.18. The Morgan fingerprint density at radius 1 is 0.931 bits per heavy atom. The van der Waals surface area contributed by atoms with E-state index in [4.69, 9.17) is 32.4 Å². The third-order valence-electron chi connectivity index (χ3n) is 4.35. The standard InChI is InChI=1S/C22H17Cl2N3O2/c1-28-19-11-10-17(13-18(19)24)25-20(15-8-5-9-16(23)12-15)22-27-26-21(29-22)14-6-3-2-4-7-14/h2-13,20,25H,1H3. The van der Waals surface area contributed by atoms with Crippen molar-refractivity contribution in [3.05, 3.63) is 94.3 Å². The Morgan fingerprint density at radius 2 is 1.76 bits per heavy atom. The molecule has 0 spiro atoms. The molecule has 4 aromatic rings. The zero-order valence-electron chi connectivity index (χ0n) is 15.5. The Morgan fingerprint density at radius 3 is 2.48 bits per heavy atom. The third-order valence-corrected chi connectivity index (χ3v) is 4.88. The average molecular weight is 426 g/mol. The lowest BCUT2D eigenvalue weighted by Crippen LogP contribution is -2.13. The summed E-state index contributed by atoms with van der Waals surface area (Å²) in [5.74, 6) is 1.46. The van der Waals surface area contributed by atoms with Gasteiger partial charge in [0.1, 0.15) is 11.8 Å². The van der Waals surface area contributed by atoms with Gasteiger partial charge in [-0.05, 0) is 48.0 Å².